The third-order valence-corrected chi connectivity index (χ3v) is 5.51. The van der Waals surface area contributed by atoms with E-state index in [9.17, 15) is 14.0 Å². The minimum atomic E-state index is -0.616. The number of rotatable bonds is 5. The van der Waals surface area contributed by atoms with Crippen LogP contribution >= 0.6 is 0 Å². The molecule has 156 valence electrons. The van der Waals surface area contributed by atoms with Gasteiger partial charge in [-0.15, -0.1) is 0 Å². The Labute approximate surface area is 178 Å². The van der Waals surface area contributed by atoms with Crippen LogP contribution in [0.4, 0.5) is 10.1 Å². The second kappa shape index (κ2) is 7.83. The van der Waals surface area contributed by atoms with E-state index in [-0.39, 0.29) is 17.5 Å². The Kier molecular flexibility index (Phi) is 4.86. The molecule has 0 N–H and O–H groups in total. The topological polar surface area (TPSA) is 68.7 Å². The number of carbonyl (C=O) groups excluding carboxylic acids is 2. The molecule has 0 radical (unpaired) electrons. The van der Waals surface area contributed by atoms with Crippen LogP contribution < -0.4 is 14.4 Å². The van der Waals surface area contributed by atoms with Crippen molar-refractivity contribution in [2.45, 2.75) is 25.4 Å². The van der Waals surface area contributed by atoms with Crippen LogP contribution in [0.1, 0.15) is 28.8 Å². The lowest BCUT2D eigenvalue weighted by Gasteiger charge is -2.18. The van der Waals surface area contributed by atoms with E-state index >= 15 is 0 Å². The molecule has 0 unspecified atom stereocenters. The first-order valence-corrected chi connectivity index (χ1v) is 10.1. The van der Waals surface area contributed by atoms with E-state index in [4.69, 9.17) is 9.47 Å². The van der Waals surface area contributed by atoms with Crippen molar-refractivity contribution < 1.29 is 23.5 Å². The highest BCUT2D eigenvalue weighted by molar-refractivity contribution is 6.04. The van der Waals surface area contributed by atoms with Crippen LogP contribution in [0, 0.1) is 5.82 Å². The molecule has 1 fully saturated rings. The van der Waals surface area contributed by atoms with Gasteiger partial charge in [0.05, 0.1) is 6.20 Å². The van der Waals surface area contributed by atoms with Gasteiger partial charge in [0.25, 0.3) is 5.91 Å². The molecule has 0 spiro atoms. The highest BCUT2D eigenvalue weighted by Gasteiger charge is 2.35. The van der Waals surface area contributed by atoms with Gasteiger partial charge in [0.15, 0.2) is 11.9 Å². The number of hydrogen-bond donors (Lipinski definition) is 0. The van der Waals surface area contributed by atoms with E-state index in [2.05, 4.69) is 4.98 Å². The zero-order chi connectivity index (χ0) is 21.4. The summed E-state index contributed by atoms with van der Waals surface area (Å²) in [6, 6.07) is 14.6. The molecule has 31 heavy (non-hydrogen) atoms. The van der Waals surface area contributed by atoms with Crippen molar-refractivity contribution in [1.29, 1.82) is 0 Å². The van der Waals surface area contributed by atoms with Gasteiger partial charge in [-0.05, 0) is 54.4 Å². The number of anilines is 1. The van der Waals surface area contributed by atoms with Crippen LogP contribution in [-0.2, 0) is 11.2 Å². The molecule has 7 heteroatoms. The van der Waals surface area contributed by atoms with Crippen molar-refractivity contribution in [2.24, 2.45) is 0 Å². The molecule has 6 nitrogen and oxygen atoms in total. The fourth-order valence-corrected chi connectivity index (χ4v) is 3.90. The number of pyridine rings is 1. The number of benzene rings is 2. The Morgan fingerprint density at radius 1 is 0.968 bits per heavy atom. The lowest BCUT2D eigenvalue weighted by Crippen LogP contribution is -2.32. The SMILES string of the molecule is O=C1CCc2ccc(N3CC[C@@H](Oc4ccc(Oc5ccc(F)cc5)nc4)C3=O)cc21. The maximum Gasteiger partial charge on any atom is 0.268 e. The first-order chi connectivity index (χ1) is 15.1. The number of aromatic nitrogens is 1. The third-order valence-electron chi connectivity index (χ3n) is 5.51. The zero-order valence-corrected chi connectivity index (χ0v) is 16.6. The molecule has 0 bridgehead atoms. The minimum Gasteiger partial charge on any atom is -0.479 e. The van der Waals surface area contributed by atoms with Crippen molar-refractivity contribution >= 4 is 17.4 Å². The maximum atomic E-state index is 13.0. The summed E-state index contributed by atoms with van der Waals surface area (Å²) < 4.78 is 24.4. The number of fused-ring (bicyclic) bond motifs is 1. The van der Waals surface area contributed by atoms with E-state index in [1.54, 1.807) is 17.0 Å². The van der Waals surface area contributed by atoms with Crippen LogP contribution in [0.15, 0.2) is 60.8 Å². The molecule has 1 aliphatic heterocycles. The summed E-state index contributed by atoms with van der Waals surface area (Å²) in [5, 5.41) is 0. The van der Waals surface area contributed by atoms with Crippen molar-refractivity contribution in [3.63, 3.8) is 0 Å². The van der Waals surface area contributed by atoms with Gasteiger partial charge >= 0.3 is 0 Å². The molecule has 2 aliphatic rings. The summed E-state index contributed by atoms with van der Waals surface area (Å²) in [5.74, 6) is 0.905. The molecule has 1 atom stereocenters. The van der Waals surface area contributed by atoms with E-state index in [1.807, 2.05) is 18.2 Å². The van der Waals surface area contributed by atoms with E-state index in [1.165, 1.54) is 30.5 Å². The molecule has 3 aromatic rings. The van der Waals surface area contributed by atoms with Crippen molar-refractivity contribution in [3.05, 3.63) is 77.7 Å². The number of ketones is 1. The normalized spacial score (nSPS) is 17.7. The van der Waals surface area contributed by atoms with Gasteiger partial charge in [-0.1, -0.05) is 6.07 Å². The lowest BCUT2D eigenvalue weighted by molar-refractivity contribution is -0.122. The maximum absolute atomic E-state index is 13.0. The number of nitrogens with zero attached hydrogens (tertiary/aromatic N) is 2. The first kappa shape index (κ1) is 19.2. The molecule has 2 heterocycles. The molecule has 1 aliphatic carbocycles. The molecule has 0 saturated carbocycles. The monoisotopic (exact) mass is 418 g/mol. The smallest absolute Gasteiger partial charge is 0.268 e. The lowest BCUT2D eigenvalue weighted by atomic mass is 10.1. The quantitative estimate of drug-likeness (QED) is 0.617. The van der Waals surface area contributed by atoms with Gasteiger partial charge in [-0.3, -0.25) is 9.59 Å². The Morgan fingerprint density at radius 3 is 2.55 bits per heavy atom. The van der Waals surface area contributed by atoms with E-state index in [0.717, 1.165) is 23.2 Å². The van der Waals surface area contributed by atoms with Gasteiger partial charge in [0.2, 0.25) is 5.88 Å². The van der Waals surface area contributed by atoms with Crippen LogP contribution in [0.3, 0.4) is 0 Å². The number of ether oxygens (including phenoxy) is 2. The van der Waals surface area contributed by atoms with Crippen molar-refractivity contribution in [2.75, 3.05) is 11.4 Å². The number of carbonyl (C=O) groups is 2. The standard InChI is InChI=1S/C24H19FN2O4/c25-16-3-6-18(7-4-16)31-23-10-8-19(14-26-23)30-22-11-12-27(24(22)29)17-5-1-15-2-9-21(28)20(15)13-17/h1,3-8,10,13-14,22H,2,9,11-12H2/t22-/m1/s1. The number of hydrogen-bond acceptors (Lipinski definition) is 5. The predicted molar refractivity (Wildman–Crippen MR) is 111 cm³/mol. The first-order valence-electron chi connectivity index (χ1n) is 10.1. The predicted octanol–water partition coefficient (Wildman–Crippen LogP) is 4.33. The van der Waals surface area contributed by atoms with Crippen molar-refractivity contribution in [3.8, 4) is 17.4 Å². The molecule has 1 saturated heterocycles. The Hall–Kier alpha value is -3.74. The molecule has 5 rings (SSSR count). The van der Waals surface area contributed by atoms with E-state index < -0.39 is 6.10 Å². The van der Waals surface area contributed by atoms with Crippen LogP contribution in [0.2, 0.25) is 0 Å². The summed E-state index contributed by atoms with van der Waals surface area (Å²) in [7, 11) is 0. The van der Waals surface area contributed by atoms with E-state index in [0.29, 0.717) is 36.8 Å². The summed E-state index contributed by atoms with van der Waals surface area (Å²) in [6.45, 7) is 0.523. The Balaban J connectivity index is 1.24. The number of amides is 1. The van der Waals surface area contributed by atoms with Gasteiger partial charge in [-0.25, -0.2) is 9.37 Å². The van der Waals surface area contributed by atoms with Crippen LogP contribution in [-0.4, -0.2) is 29.3 Å². The number of halogens is 1. The Morgan fingerprint density at radius 2 is 1.77 bits per heavy atom. The van der Waals surface area contributed by atoms with Crippen molar-refractivity contribution in [1.82, 2.24) is 4.98 Å². The fraction of sp³-hybridized carbons (Fsp3) is 0.208. The highest BCUT2D eigenvalue weighted by Crippen LogP contribution is 2.30. The van der Waals surface area contributed by atoms with Gasteiger partial charge in [0.1, 0.15) is 17.3 Å². The average molecular weight is 418 g/mol. The second-order valence-electron chi connectivity index (χ2n) is 7.54. The third kappa shape index (κ3) is 3.86. The summed E-state index contributed by atoms with van der Waals surface area (Å²) in [4.78, 5) is 30.7. The Bertz CT molecular complexity index is 1150. The average Bonchev–Trinajstić information content (AvgIpc) is 3.33. The van der Waals surface area contributed by atoms with Crippen LogP contribution in [0.25, 0.3) is 0 Å². The molecular weight excluding hydrogens is 399 g/mol. The minimum absolute atomic E-state index is 0.130. The summed E-state index contributed by atoms with van der Waals surface area (Å²) >= 11 is 0. The molecule has 2 aromatic carbocycles. The fourth-order valence-electron chi connectivity index (χ4n) is 3.90. The van der Waals surface area contributed by atoms with Gasteiger partial charge in [-0.2, -0.15) is 0 Å². The summed E-state index contributed by atoms with van der Waals surface area (Å²) in [5.41, 5.74) is 2.49. The van der Waals surface area contributed by atoms with Gasteiger partial charge in [0, 0.05) is 36.7 Å². The second-order valence-corrected chi connectivity index (χ2v) is 7.54. The van der Waals surface area contributed by atoms with Crippen LogP contribution in [0.5, 0.6) is 17.4 Å². The number of Topliss-reactive ketones (excluding diaryl/α,β-unsaturated/α-hetero) is 1. The summed E-state index contributed by atoms with van der Waals surface area (Å²) in [6.07, 6.45) is 2.71. The highest BCUT2D eigenvalue weighted by atomic mass is 19.1. The molecule has 1 amide bonds. The molecular formula is C24H19FN2O4. The molecule has 1 aromatic heterocycles. The largest absolute Gasteiger partial charge is 0.479 e. The van der Waals surface area contributed by atoms with Gasteiger partial charge < -0.3 is 14.4 Å². The zero-order valence-electron chi connectivity index (χ0n) is 16.6. The number of aryl methyl sites for hydroxylation is 1.